The Morgan fingerprint density at radius 3 is 2.56 bits per heavy atom. The molecule has 0 bridgehead atoms. The van der Waals surface area contributed by atoms with Crippen molar-refractivity contribution in [3.63, 3.8) is 0 Å². The lowest BCUT2D eigenvalue weighted by atomic mass is 10.2. The molecule has 6 nitrogen and oxygen atoms in total. The SMILES string of the molecule is CN(CCc1noc(-c2ccc(F)cc2)n1)C(=O)Nc1cc(F)ccc1F. The lowest BCUT2D eigenvalue weighted by molar-refractivity contribution is 0.222. The van der Waals surface area contributed by atoms with Crippen LogP contribution in [0.4, 0.5) is 23.7 Å². The molecule has 0 fully saturated rings. The zero-order valence-electron chi connectivity index (χ0n) is 14.2. The molecule has 0 unspecified atom stereocenters. The largest absolute Gasteiger partial charge is 0.334 e. The number of nitrogens with zero attached hydrogens (tertiary/aromatic N) is 3. The number of nitrogens with one attached hydrogen (secondary N) is 1. The summed E-state index contributed by atoms with van der Waals surface area (Å²) in [7, 11) is 1.49. The van der Waals surface area contributed by atoms with Crippen molar-refractivity contribution in [1.82, 2.24) is 15.0 Å². The van der Waals surface area contributed by atoms with E-state index in [1.165, 1.54) is 36.2 Å². The van der Waals surface area contributed by atoms with Gasteiger partial charge >= 0.3 is 6.03 Å². The molecule has 2 amide bonds. The number of halogens is 3. The Kier molecular flexibility index (Phi) is 5.39. The van der Waals surface area contributed by atoms with E-state index in [0.29, 0.717) is 11.4 Å². The van der Waals surface area contributed by atoms with Crippen LogP contribution in [0, 0.1) is 17.5 Å². The zero-order valence-corrected chi connectivity index (χ0v) is 14.2. The second-order valence-corrected chi connectivity index (χ2v) is 5.75. The maximum Gasteiger partial charge on any atom is 0.321 e. The molecule has 1 aromatic heterocycles. The highest BCUT2D eigenvalue weighted by Gasteiger charge is 2.14. The monoisotopic (exact) mass is 376 g/mol. The first-order valence-corrected chi connectivity index (χ1v) is 7.98. The van der Waals surface area contributed by atoms with E-state index in [1.807, 2.05) is 0 Å². The number of anilines is 1. The molecule has 1 heterocycles. The second-order valence-electron chi connectivity index (χ2n) is 5.75. The van der Waals surface area contributed by atoms with Crippen LogP contribution in [0.15, 0.2) is 47.0 Å². The predicted molar refractivity (Wildman–Crippen MR) is 91.4 cm³/mol. The maximum atomic E-state index is 13.6. The van der Waals surface area contributed by atoms with E-state index < -0.39 is 17.7 Å². The Morgan fingerprint density at radius 1 is 1.11 bits per heavy atom. The summed E-state index contributed by atoms with van der Waals surface area (Å²) in [4.78, 5) is 17.5. The molecule has 0 radical (unpaired) electrons. The highest BCUT2D eigenvalue weighted by molar-refractivity contribution is 5.89. The molecule has 1 N–H and O–H groups in total. The molecule has 0 aliphatic heterocycles. The van der Waals surface area contributed by atoms with Crippen LogP contribution in [0.25, 0.3) is 11.5 Å². The van der Waals surface area contributed by atoms with Crippen LogP contribution >= 0.6 is 0 Å². The predicted octanol–water partition coefficient (Wildman–Crippen LogP) is 3.86. The lowest BCUT2D eigenvalue weighted by Crippen LogP contribution is -2.33. The number of carbonyl (C=O) groups is 1. The van der Waals surface area contributed by atoms with Crippen molar-refractivity contribution in [3.8, 4) is 11.5 Å². The standard InChI is InChI=1S/C18H15F3N4O2/c1-25(18(26)22-15-10-13(20)6-7-14(15)21)9-8-16-23-17(27-24-16)11-2-4-12(19)5-3-11/h2-7,10H,8-9H2,1H3,(H,22,26). The van der Waals surface area contributed by atoms with Crippen LogP contribution in [-0.4, -0.2) is 34.7 Å². The molecular weight excluding hydrogens is 361 g/mol. The second kappa shape index (κ2) is 7.90. The Bertz CT molecular complexity index is 944. The third-order valence-electron chi connectivity index (χ3n) is 3.75. The van der Waals surface area contributed by atoms with E-state index in [2.05, 4.69) is 15.5 Å². The topological polar surface area (TPSA) is 71.3 Å². The number of urea groups is 1. The number of benzene rings is 2. The lowest BCUT2D eigenvalue weighted by Gasteiger charge is -2.17. The van der Waals surface area contributed by atoms with Gasteiger partial charge in [0.1, 0.15) is 17.5 Å². The first-order valence-electron chi connectivity index (χ1n) is 7.98. The number of hydrogen-bond donors (Lipinski definition) is 1. The van der Waals surface area contributed by atoms with Gasteiger partial charge in [0.15, 0.2) is 5.82 Å². The number of likely N-dealkylation sites (N-methyl/N-ethyl adjacent to an activating group) is 1. The number of rotatable bonds is 5. The number of hydrogen-bond acceptors (Lipinski definition) is 4. The Hall–Kier alpha value is -3.36. The number of amides is 2. The minimum atomic E-state index is -0.736. The van der Waals surface area contributed by atoms with Gasteiger partial charge in [0.25, 0.3) is 5.89 Å². The van der Waals surface area contributed by atoms with E-state index in [9.17, 15) is 18.0 Å². The first kappa shape index (κ1) is 18.4. The van der Waals surface area contributed by atoms with Gasteiger partial charge in [-0.05, 0) is 36.4 Å². The minimum Gasteiger partial charge on any atom is -0.334 e. The van der Waals surface area contributed by atoms with Crippen LogP contribution in [0.5, 0.6) is 0 Å². The summed E-state index contributed by atoms with van der Waals surface area (Å²) in [5, 5.41) is 6.10. The van der Waals surface area contributed by atoms with Crippen molar-refractivity contribution in [2.24, 2.45) is 0 Å². The van der Waals surface area contributed by atoms with Crippen molar-refractivity contribution in [1.29, 1.82) is 0 Å². The molecule has 0 spiro atoms. The molecule has 0 saturated carbocycles. The Balaban J connectivity index is 1.57. The van der Waals surface area contributed by atoms with Crippen molar-refractivity contribution < 1.29 is 22.5 Å². The van der Waals surface area contributed by atoms with Crippen molar-refractivity contribution in [3.05, 3.63) is 65.7 Å². The summed E-state index contributed by atoms with van der Waals surface area (Å²) in [6.07, 6.45) is 0.278. The average molecular weight is 376 g/mol. The average Bonchev–Trinajstić information content (AvgIpc) is 3.12. The van der Waals surface area contributed by atoms with E-state index >= 15 is 0 Å². The van der Waals surface area contributed by atoms with Crippen LogP contribution < -0.4 is 5.32 Å². The quantitative estimate of drug-likeness (QED) is 0.734. The Morgan fingerprint density at radius 2 is 1.81 bits per heavy atom. The molecule has 0 aliphatic carbocycles. The zero-order chi connectivity index (χ0) is 19.4. The molecule has 27 heavy (non-hydrogen) atoms. The van der Waals surface area contributed by atoms with Gasteiger partial charge in [0.2, 0.25) is 0 Å². The van der Waals surface area contributed by atoms with Crippen LogP contribution in [-0.2, 0) is 6.42 Å². The van der Waals surface area contributed by atoms with Crippen LogP contribution in [0.1, 0.15) is 5.82 Å². The molecular formula is C18H15F3N4O2. The first-order chi connectivity index (χ1) is 12.9. The molecule has 2 aromatic carbocycles. The van der Waals surface area contributed by atoms with E-state index in [4.69, 9.17) is 4.52 Å². The summed E-state index contributed by atoms with van der Waals surface area (Å²) in [5.41, 5.74) is 0.327. The summed E-state index contributed by atoms with van der Waals surface area (Å²) >= 11 is 0. The van der Waals surface area contributed by atoms with Gasteiger partial charge in [-0.1, -0.05) is 5.16 Å². The molecule has 3 aromatic rings. The summed E-state index contributed by atoms with van der Waals surface area (Å²) in [6.45, 7) is 0.213. The van der Waals surface area contributed by atoms with Crippen LogP contribution in [0.3, 0.4) is 0 Å². The maximum absolute atomic E-state index is 13.6. The minimum absolute atomic E-state index is 0.213. The van der Waals surface area contributed by atoms with Gasteiger partial charge in [-0.2, -0.15) is 4.98 Å². The number of aromatic nitrogens is 2. The van der Waals surface area contributed by atoms with Crippen molar-refractivity contribution in [2.45, 2.75) is 6.42 Å². The van der Waals surface area contributed by atoms with Crippen molar-refractivity contribution in [2.75, 3.05) is 18.9 Å². The summed E-state index contributed by atoms with van der Waals surface area (Å²) in [6, 6.07) is 7.77. The number of carbonyl (C=O) groups excluding carboxylic acids is 1. The summed E-state index contributed by atoms with van der Waals surface area (Å²) < 4.78 is 44.8. The highest BCUT2D eigenvalue weighted by Crippen LogP contribution is 2.18. The molecule has 3 rings (SSSR count). The molecule has 0 aliphatic rings. The molecule has 0 atom stereocenters. The normalized spacial score (nSPS) is 10.7. The van der Waals surface area contributed by atoms with Gasteiger partial charge in [0.05, 0.1) is 5.69 Å². The smallest absolute Gasteiger partial charge is 0.321 e. The van der Waals surface area contributed by atoms with Crippen LogP contribution in [0.2, 0.25) is 0 Å². The molecule has 9 heteroatoms. The third-order valence-corrected chi connectivity index (χ3v) is 3.75. The summed E-state index contributed by atoms with van der Waals surface area (Å²) in [5.74, 6) is -1.18. The fraction of sp³-hybridized carbons (Fsp3) is 0.167. The molecule has 140 valence electrons. The Labute approximate surface area is 152 Å². The van der Waals surface area contributed by atoms with E-state index in [-0.39, 0.29) is 30.4 Å². The van der Waals surface area contributed by atoms with Gasteiger partial charge in [-0.3, -0.25) is 0 Å². The van der Waals surface area contributed by atoms with Gasteiger partial charge in [-0.25, -0.2) is 18.0 Å². The van der Waals surface area contributed by atoms with Gasteiger partial charge in [-0.15, -0.1) is 0 Å². The van der Waals surface area contributed by atoms with Gasteiger partial charge in [0, 0.05) is 31.6 Å². The fourth-order valence-electron chi connectivity index (χ4n) is 2.24. The van der Waals surface area contributed by atoms with Gasteiger partial charge < -0.3 is 14.7 Å². The van der Waals surface area contributed by atoms with E-state index in [1.54, 1.807) is 0 Å². The van der Waals surface area contributed by atoms with Crippen molar-refractivity contribution >= 4 is 11.7 Å². The third kappa shape index (κ3) is 4.63. The van der Waals surface area contributed by atoms with E-state index in [0.717, 1.165) is 18.2 Å². The molecule has 0 saturated heterocycles. The fourth-order valence-corrected chi connectivity index (χ4v) is 2.24. The highest BCUT2D eigenvalue weighted by atomic mass is 19.1.